The molecule has 1 aromatic rings. The molecule has 1 N–H and O–H groups in total. The summed E-state index contributed by atoms with van der Waals surface area (Å²) in [6.45, 7) is 5.23. The number of aliphatic hydroxyl groups is 1. The van der Waals surface area contributed by atoms with E-state index >= 15 is 0 Å². The van der Waals surface area contributed by atoms with Crippen molar-refractivity contribution >= 4 is 0 Å². The zero-order valence-electron chi connectivity index (χ0n) is 9.82. The average Bonchev–Trinajstić information content (AvgIpc) is 2.51. The van der Waals surface area contributed by atoms with Crippen LogP contribution in [0.1, 0.15) is 37.5 Å². The van der Waals surface area contributed by atoms with Gasteiger partial charge in [0.2, 0.25) is 0 Å². The van der Waals surface area contributed by atoms with Crippen molar-refractivity contribution in [3.63, 3.8) is 0 Å². The first-order chi connectivity index (χ1) is 7.72. The number of fused-ring (bicyclic) bond motifs is 1. The summed E-state index contributed by atoms with van der Waals surface area (Å²) >= 11 is 0. The first kappa shape index (κ1) is 11.3. The molecule has 16 heavy (non-hydrogen) atoms. The lowest BCUT2D eigenvalue weighted by atomic mass is 10.0. The molecule has 1 aliphatic heterocycles. The van der Waals surface area contributed by atoms with Crippen LogP contribution in [0.25, 0.3) is 0 Å². The van der Waals surface area contributed by atoms with Gasteiger partial charge in [0.15, 0.2) is 11.5 Å². The second-order valence-electron chi connectivity index (χ2n) is 4.08. The van der Waals surface area contributed by atoms with E-state index in [1.807, 2.05) is 12.1 Å². The minimum absolute atomic E-state index is 0.466. The van der Waals surface area contributed by atoms with E-state index in [9.17, 15) is 5.11 Å². The maximum Gasteiger partial charge on any atom is 0.161 e. The van der Waals surface area contributed by atoms with Gasteiger partial charge in [-0.15, -0.1) is 0 Å². The molecular formula is C13H18O3. The lowest BCUT2D eigenvalue weighted by Crippen LogP contribution is -2.00. The number of hydrogen-bond donors (Lipinski definition) is 1. The van der Waals surface area contributed by atoms with Gasteiger partial charge in [0.25, 0.3) is 0 Å². The topological polar surface area (TPSA) is 38.7 Å². The van der Waals surface area contributed by atoms with Crippen LogP contribution in [-0.4, -0.2) is 18.3 Å². The van der Waals surface area contributed by atoms with Gasteiger partial charge >= 0.3 is 0 Å². The second-order valence-corrected chi connectivity index (χ2v) is 4.08. The summed E-state index contributed by atoms with van der Waals surface area (Å²) in [5.41, 5.74) is 2.06. The molecule has 0 spiro atoms. The third-order valence-corrected chi connectivity index (χ3v) is 2.84. The molecule has 0 bridgehead atoms. The summed E-state index contributed by atoms with van der Waals surface area (Å²) in [6, 6.07) is 3.90. The van der Waals surface area contributed by atoms with E-state index in [1.165, 1.54) is 0 Å². The Labute approximate surface area is 96.0 Å². The highest BCUT2D eigenvalue weighted by atomic mass is 16.5. The van der Waals surface area contributed by atoms with E-state index in [4.69, 9.17) is 9.47 Å². The first-order valence-corrected chi connectivity index (χ1v) is 5.83. The lowest BCUT2D eigenvalue weighted by Gasteiger charge is -2.15. The Morgan fingerprint density at radius 2 is 1.88 bits per heavy atom. The highest BCUT2D eigenvalue weighted by molar-refractivity contribution is 5.48. The van der Waals surface area contributed by atoms with E-state index in [0.29, 0.717) is 13.2 Å². The minimum atomic E-state index is -0.466. The van der Waals surface area contributed by atoms with Crippen molar-refractivity contribution in [2.45, 2.75) is 32.8 Å². The van der Waals surface area contributed by atoms with Crippen LogP contribution in [0.2, 0.25) is 0 Å². The molecule has 1 atom stereocenters. The monoisotopic (exact) mass is 222 g/mol. The van der Waals surface area contributed by atoms with Crippen molar-refractivity contribution in [2.24, 2.45) is 0 Å². The molecule has 1 aliphatic rings. The Morgan fingerprint density at radius 3 is 2.44 bits per heavy atom. The zero-order valence-corrected chi connectivity index (χ0v) is 9.82. The molecule has 0 radical (unpaired) electrons. The van der Waals surface area contributed by atoms with Gasteiger partial charge in [-0.25, -0.2) is 0 Å². The fourth-order valence-corrected chi connectivity index (χ4v) is 1.96. The van der Waals surface area contributed by atoms with E-state index in [-0.39, 0.29) is 0 Å². The molecule has 1 aromatic carbocycles. The molecule has 1 heterocycles. The number of benzene rings is 1. The molecule has 0 saturated carbocycles. The van der Waals surface area contributed by atoms with E-state index in [2.05, 4.69) is 6.92 Å². The summed E-state index contributed by atoms with van der Waals surface area (Å²) in [7, 11) is 0. The Bertz CT molecular complexity index is 372. The molecule has 88 valence electrons. The molecule has 0 saturated heterocycles. The number of ether oxygens (including phenoxy) is 2. The maximum atomic E-state index is 9.71. The SMILES string of the molecule is CCc1cc2c(cc1C(C)O)OCCCO2. The van der Waals surface area contributed by atoms with Gasteiger partial charge in [0, 0.05) is 6.42 Å². The van der Waals surface area contributed by atoms with Crippen LogP contribution in [0.15, 0.2) is 12.1 Å². The van der Waals surface area contributed by atoms with Crippen LogP contribution in [0.3, 0.4) is 0 Å². The smallest absolute Gasteiger partial charge is 0.161 e. The predicted molar refractivity (Wildman–Crippen MR) is 62.1 cm³/mol. The Balaban J connectivity index is 2.44. The molecule has 1 unspecified atom stereocenters. The van der Waals surface area contributed by atoms with Crippen LogP contribution in [-0.2, 0) is 6.42 Å². The number of hydrogen-bond acceptors (Lipinski definition) is 3. The quantitative estimate of drug-likeness (QED) is 0.835. The van der Waals surface area contributed by atoms with Gasteiger partial charge in [-0.05, 0) is 36.6 Å². The normalized spacial score (nSPS) is 16.7. The third-order valence-electron chi connectivity index (χ3n) is 2.84. The average molecular weight is 222 g/mol. The van der Waals surface area contributed by atoms with Crippen molar-refractivity contribution < 1.29 is 14.6 Å². The lowest BCUT2D eigenvalue weighted by molar-refractivity contribution is 0.197. The number of aryl methyl sites for hydroxylation is 1. The van der Waals surface area contributed by atoms with E-state index in [1.54, 1.807) is 6.92 Å². The predicted octanol–water partition coefficient (Wildman–Crippen LogP) is 2.46. The molecule has 0 aromatic heterocycles. The summed E-state index contributed by atoms with van der Waals surface area (Å²) in [5.74, 6) is 1.56. The number of rotatable bonds is 2. The van der Waals surface area contributed by atoms with Crippen molar-refractivity contribution in [3.05, 3.63) is 23.3 Å². The van der Waals surface area contributed by atoms with Crippen molar-refractivity contribution in [3.8, 4) is 11.5 Å². The fraction of sp³-hybridized carbons (Fsp3) is 0.538. The van der Waals surface area contributed by atoms with Crippen LogP contribution in [0, 0.1) is 0 Å². The van der Waals surface area contributed by atoms with E-state index in [0.717, 1.165) is 35.5 Å². The highest BCUT2D eigenvalue weighted by Gasteiger charge is 2.16. The van der Waals surface area contributed by atoms with Gasteiger partial charge in [-0.3, -0.25) is 0 Å². The molecule has 0 amide bonds. The Kier molecular flexibility index (Phi) is 3.34. The van der Waals surface area contributed by atoms with Crippen LogP contribution in [0.5, 0.6) is 11.5 Å². The minimum Gasteiger partial charge on any atom is -0.490 e. The molecule has 3 heteroatoms. The molecule has 3 nitrogen and oxygen atoms in total. The number of aliphatic hydroxyl groups excluding tert-OH is 1. The summed E-state index contributed by atoms with van der Waals surface area (Å²) < 4.78 is 11.2. The third kappa shape index (κ3) is 2.14. The van der Waals surface area contributed by atoms with E-state index < -0.39 is 6.10 Å². The molecule has 2 rings (SSSR count). The molecule has 0 fully saturated rings. The van der Waals surface area contributed by atoms with Gasteiger partial charge in [0.05, 0.1) is 19.3 Å². The van der Waals surface area contributed by atoms with Crippen molar-refractivity contribution in [1.29, 1.82) is 0 Å². The summed E-state index contributed by atoms with van der Waals surface area (Å²) in [4.78, 5) is 0. The van der Waals surface area contributed by atoms with Crippen LogP contribution >= 0.6 is 0 Å². The second kappa shape index (κ2) is 4.74. The molecular weight excluding hydrogens is 204 g/mol. The highest BCUT2D eigenvalue weighted by Crippen LogP contribution is 2.35. The maximum absolute atomic E-state index is 9.71. The van der Waals surface area contributed by atoms with Gasteiger partial charge in [0.1, 0.15) is 0 Å². The summed E-state index contributed by atoms with van der Waals surface area (Å²) in [5, 5.41) is 9.71. The van der Waals surface area contributed by atoms with Crippen LogP contribution < -0.4 is 9.47 Å². The fourth-order valence-electron chi connectivity index (χ4n) is 1.96. The Hall–Kier alpha value is -1.22. The summed E-state index contributed by atoms with van der Waals surface area (Å²) in [6.07, 6.45) is 1.32. The van der Waals surface area contributed by atoms with Crippen molar-refractivity contribution in [2.75, 3.05) is 13.2 Å². The zero-order chi connectivity index (χ0) is 11.5. The van der Waals surface area contributed by atoms with Crippen LogP contribution in [0.4, 0.5) is 0 Å². The molecule has 0 aliphatic carbocycles. The Morgan fingerprint density at radius 1 is 1.25 bits per heavy atom. The first-order valence-electron chi connectivity index (χ1n) is 5.83. The van der Waals surface area contributed by atoms with Gasteiger partial charge in [-0.2, -0.15) is 0 Å². The van der Waals surface area contributed by atoms with Gasteiger partial charge < -0.3 is 14.6 Å². The largest absolute Gasteiger partial charge is 0.490 e. The van der Waals surface area contributed by atoms with Gasteiger partial charge in [-0.1, -0.05) is 6.92 Å². The standard InChI is InChI=1S/C13H18O3/c1-3-10-7-12-13(8-11(10)9(2)14)16-6-4-5-15-12/h7-9,14H,3-6H2,1-2H3. The van der Waals surface area contributed by atoms with Crippen molar-refractivity contribution in [1.82, 2.24) is 0 Å².